The van der Waals surface area contributed by atoms with E-state index < -0.39 is 17.1 Å². The van der Waals surface area contributed by atoms with E-state index in [1.165, 1.54) is 9.34 Å². The Balaban J connectivity index is 1.15. The van der Waals surface area contributed by atoms with Crippen LogP contribution < -0.4 is 27.4 Å². The van der Waals surface area contributed by atoms with Gasteiger partial charge in [0.1, 0.15) is 23.0 Å². The summed E-state index contributed by atoms with van der Waals surface area (Å²) < 4.78 is 30.1. The third-order valence-electron chi connectivity index (χ3n) is 10.2. The maximum absolute atomic E-state index is 14.3. The molecule has 0 aromatic heterocycles. The number of nitriles is 2. The van der Waals surface area contributed by atoms with Gasteiger partial charge in [0.15, 0.2) is 0 Å². The van der Waals surface area contributed by atoms with E-state index in [1.807, 2.05) is 72.8 Å². The number of hydrogen-bond acceptors (Lipinski definition) is 8. The molecule has 2 aliphatic heterocycles. The van der Waals surface area contributed by atoms with Crippen molar-refractivity contribution in [3.63, 3.8) is 0 Å². The summed E-state index contributed by atoms with van der Waals surface area (Å²) in [5, 5.41) is 22.6. The third-order valence-corrected chi connectivity index (χ3v) is 13.1. The predicted molar refractivity (Wildman–Crippen MR) is 232 cm³/mol. The van der Waals surface area contributed by atoms with Gasteiger partial charge < -0.3 is 18.1 Å². The van der Waals surface area contributed by atoms with E-state index in [4.69, 9.17) is 18.1 Å². The molecule has 60 heavy (non-hydrogen) atoms. The summed E-state index contributed by atoms with van der Waals surface area (Å²) in [4.78, 5) is 28.6. The molecule has 2 amide bonds. The molecular weight excluding hydrogens is 790 g/mol. The van der Waals surface area contributed by atoms with Gasteiger partial charge >= 0.3 is 17.1 Å². The topological polar surface area (TPSA) is 125 Å². The summed E-state index contributed by atoms with van der Waals surface area (Å²) in [5.41, 5.74) is 3.99. The van der Waals surface area contributed by atoms with E-state index in [-0.39, 0.29) is 11.8 Å². The minimum atomic E-state index is -2.17. The second kappa shape index (κ2) is 15.2. The molecular formula is C48H28N4O6P2. The summed E-state index contributed by atoms with van der Waals surface area (Å²) >= 11 is 0. The van der Waals surface area contributed by atoms with Crippen molar-refractivity contribution in [1.82, 2.24) is 0 Å². The predicted octanol–water partition coefficient (Wildman–Crippen LogP) is 12.1. The zero-order chi connectivity index (χ0) is 40.7. The standard InChI is InChI=1S/C48H28N4O6P2/c49-29-31-17-23-35(24-18-31)51-47(53)39-13-5-7-15-41(39)55-59(51)57-43-27-21-33-9-1-3-11-37(33)45(43)46-38-12-4-2-10-34(38)22-28-44(46)58-60-52(36-25-19-32(30-50)20-26-36)48(54)40-14-6-8-16-42(40)56-60/h1-28H. The molecule has 0 bridgehead atoms. The zero-order valence-corrected chi connectivity index (χ0v) is 33.1. The molecule has 12 heteroatoms. The van der Waals surface area contributed by atoms with Gasteiger partial charge in [-0.15, -0.1) is 0 Å². The average Bonchev–Trinajstić information content (AvgIpc) is 3.29. The van der Waals surface area contributed by atoms with Crippen LogP contribution in [0.3, 0.4) is 0 Å². The number of carbonyl (C=O) groups excluding carboxylic acids is 2. The summed E-state index contributed by atoms with van der Waals surface area (Å²) in [5.74, 6) is 0.980. The first kappa shape index (κ1) is 36.6. The van der Waals surface area contributed by atoms with Gasteiger partial charge in [-0.05, 0) is 106 Å². The van der Waals surface area contributed by atoms with Gasteiger partial charge in [0, 0.05) is 11.1 Å². The summed E-state index contributed by atoms with van der Waals surface area (Å²) in [6.45, 7) is 0. The number of amides is 2. The minimum absolute atomic E-state index is 0.311. The maximum Gasteiger partial charge on any atom is 0.424 e. The van der Waals surface area contributed by atoms with Crippen LogP contribution in [0.1, 0.15) is 31.8 Å². The maximum atomic E-state index is 14.3. The highest BCUT2D eigenvalue weighted by Crippen LogP contribution is 2.58. The number of fused-ring (bicyclic) bond motifs is 4. The molecule has 2 heterocycles. The smallest absolute Gasteiger partial charge is 0.422 e. The fourth-order valence-corrected chi connectivity index (χ4v) is 10.2. The van der Waals surface area contributed by atoms with Crippen LogP contribution >= 0.6 is 17.1 Å². The van der Waals surface area contributed by atoms with E-state index in [0.717, 1.165) is 21.5 Å². The van der Waals surface area contributed by atoms with Gasteiger partial charge in [0.05, 0.1) is 45.8 Å². The fraction of sp³-hybridized carbons (Fsp3) is 0. The molecule has 2 unspecified atom stereocenters. The van der Waals surface area contributed by atoms with Crippen molar-refractivity contribution in [1.29, 1.82) is 10.5 Å². The quantitative estimate of drug-likeness (QED) is 0.146. The second-order valence-electron chi connectivity index (χ2n) is 13.7. The molecule has 0 N–H and O–H groups in total. The molecule has 286 valence electrons. The lowest BCUT2D eigenvalue weighted by Crippen LogP contribution is -2.33. The number of benzene rings is 8. The molecule has 10 rings (SSSR count). The Morgan fingerprint density at radius 1 is 0.450 bits per heavy atom. The number of nitrogens with zero attached hydrogens (tertiary/aromatic N) is 4. The molecule has 8 aromatic rings. The average molecular weight is 819 g/mol. The van der Waals surface area contributed by atoms with E-state index in [0.29, 0.717) is 67.8 Å². The van der Waals surface area contributed by atoms with Gasteiger partial charge in [0.25, 0.3) is 11.8 Å². The molecule has 0 radical (unpaired) electrons. The van der Waals surface area contributed by atoms with Gasteiger partial charge in [-0.2, -0.15) is 10.5 Å². The lowest BCUT2D eigenvalue weighted by molar-refractivity contribution is 0.0986. The van der Waals surface area contributed by atoms with Gasteiger partial charge in [-0.3, -0.25) is 9.59 Å². The second-order valence-corrected chi connectivity index (χ2v) is 16.2. The number of hydrogen-bond donors (Lipinski definition) is 0. The van der Waals surface area contributed by atoms with Crippen LogP contribution in [0.4, 0.5) is 11.4 Å². The lowest BCUT2D eigenvalue weighted by atomic mass is 9.92. The molecule has 0 spiro atoms. The van der Waals surface area contributed by atoms with Crippen molar-refractivity contribution in [3.8, 4) is 46.3 Å². The molecule has 2 aliphatic rings. The Kier molecular flexibility index (Phi) is 9.28. The van der Waals surface area contributed by atoms with Gasteiger partial charge in [-0.1, -0.05) is 84.9 Å². The molecule has 0 saturated heterocycles. The number of rotatable bonds is 7. The number of anilines is 2. The lowest BCUT2D eigenvalue weighted by Gasteiger charge is -2.35. The van der Waals surface area contributed by atoms with E-state index in [2.05, 4.69) is 12.1 Å². The largest absolute Gasteiger partial charge is 0.424 e. The SMILES string of the molecule is N#Cc1ccc(N2C(=O)c3ccccc3OP2Oc2ccc3ccccc3c2-c2c(OP3Oc4ccccc4C(=O)N3c3ccc(C#N)cc3)ccc3ccccc23)cc1. The first-order valence-electron chi connectivity index (χ1n) is 18.7. The zero-order valence-electron chi connectivity index (χ0n) is 31.3. The van der Waals surface area contributed by atoms with Crippen molar-refractivity contribution < 1.29 is 27.7 Å². The van der Waals surface area contributed by atoms with Crippen molar-refractivity contribution >= 4 is 61.8 Å². The van der Waals surface area contributed by atoms with Crippen molar-refractivity contribution in [2.75, 3.05) is 9.34 Å². The minimum Gasteiger partial charge on any atom is -0.422 e. The van der Waals surface area contributed by atoms with Crippen molar-refractivity contribution in [3.05, 3.63) is 192 Å². The van der Waals surface area contributed by atoms with Crippen LogP contribution in [-0.4, -0.2) is 11.8 Å². The highest BCUT2D eigenvalue weighted by atomic mass is 31.2. The van der Waals surface area contributed by atoms with E-state index in [9.17, 15) is 20.1 Å². The van der Waals surface area contributed by atoms with Crippen molar-refractivity contribution in [2.24, 2.45) is 0 Å². The van der Waals surface area contributed by atoms with Crippen LogP contribution in [0.5, 0.6) is 23.0 Å². The van der Waals surface area contributed by atoms with E-state index >= 15 is 0 Å². The summed E-state index contributed by atoms with van der Waals surface area (Å²) in [6.07, 6.45) is 0. The number of para-hydroxylation sites is 2. The first-order chi connectivity index (χ1) is 29.5. The van der Waals surface area contributed by atoms with Crippen LogP contribution in [0.15, 0.2) is 170 Å². The Labute approximate surface area is 346 Å². The Bertz CT molecular complexity index is 2900. The van der Waals surface area contributed by atoms with Gasteiger partial charge in [-0.25, -0.2) is 9.34 Å². The van der Waals surface area contributed by atoms with Crippen LogP contribution in [0.2, 0.25) is 0 Å². The number of carbonyl (C=O) groups is 2. The highest BCUT2D eigenvalue weighted by Gasteiger charge is 2.42. The Morgan fingerprint density at radius 3 is 1.25 bits per heavy atom. The Morgan fingerprint density at radius 2 is 0.833 bits per heavy atom. The molecule has 8 aromatic carbocycles. The molecule has 0 fully saturated rings. The molecule has 0 saturated carbocycles. The van der Waals surface area contributed by atoms with E-state index in [1.54, 1.807) is 97.1 Å². The van der Waals surface area contributed by atoms with Crippen molar-refractivity contribution in [2.45, 2.75) is 0 Å². The highest BCUT2D eigenvalue weighted by molar-refractivity contribution is 7.52. The molecule has 0 aliphatic carbocycles. The van der Waals surface area contributed by atoms with Crippen LogP contribution in [-0.2, 0) is 0 Å². The van der Waals surface area contributed by atoms with Crippen LogP contribution in [0, 0.1) is 22.7 Å². The van der Waals surface area contributed by atoms with Gasteiger partial charge in [0.2, 0.25) is 0 Å². The monoisotopic (exact) mass is 818 g/mol. The molecule has 2 atom stereocenters. The summed E-state index contributed by atoms with van der Waals surface area (Å²) in [6, 6.07) is 55.2. The Hall–Kier alpha value is -7.74. The fourth-order valence-electron chi connectivity index (χ4n) is 7.31. The first-order valence-corrected chi connectivity index (χ1v) is 21.0. The van der Waals surface area contributed by atoms with Crippen LogP contribution in [0.25, 0.3) is 32.7 Å². The third kappa shape index (κ3) is 6.38. The normalized spacial score (nSPS) is 15.6. The molecule has 10 nitrogen and oxygen atoms in total. The summed E-state index contributed by atoms with van der Waals surface area (Å²) in [7, 11) is -4.34.